The Kier molecular flexibility index (Phi) is 3.24. The largest absolute Gasteiger partial charge is 0.444 e. The van der Waals surface area contributed by atoms with Gasteiger partial charge in [-0.05, 0) is 32.9 Å². The fraction of sp³-hybridized carbons (Fsp3) is 0.400. The molecule has 0 spiro atoms. The Hall–Kier alpha value is -1.65. The Morgan fingerprint density at radius 1 is 1.47 bits per heavy atom. The van der Waals surface area contributed by atoms with E-state index in [9.17, 15) is 9.18 Å². The highest BCUT2D eigenvalue weighted by molar-refractivity contribution is 5.83. The van der Waals surface area contributed by atoms with Crippen molar-refractivity contribution in [3.8, 4) is 0 Å². The van der Waals surface area contributed by atoms with E-state index in [0.29, 0.717) is 0 Å². The molecular weight excluding hydrogens is 199 g/mol. The summed E-state index contributed by atoms with van der Waals surface area (Å²) in [5, 5.41) is 2.39. The van der Waals surface area contributed by atoms with E-state index in [1.54, 1.807) is 20.8 Å². The lowest BCUT2D eigenvalue weighted by Crippen LogP contribution is -2.27. The van der Waals surface area contributed by atoms with Gasteiger partial charge in [-0.25, -0.2) is 14.2 Å². The number of halogens is 1. The van der Waals surface area contributed by atoms with Crippen LogP contribution in [0.2, 0.25) is 0 Å². The van der Waals surface area contributed by atoms with E-state index < -0.39 is 17.5 Å². The van der Waals surface area contributed by atoms with Gasteiger partial charge in [-0.2, -0.15) is 0 Å². The van der Waals surface area contributed by atoms with Gasteiger partial charge in [-0.1, -0.05) is 0 Å². The molecule has 0 saturated carbocycles. The lowest BCUT2D eigenvalue weighted by atomic mass is 10.2. The molecule has 82 valence electrons. The molecule has 0 aliphatic heterocycles. The molecule has 1 heterocycles. The van der Waals surface area contributed by atoms with Crippen molar-refractivity contribution in [2.45, 2.75) is 26.4 Å². The smallest absolute Gasteiger partial charge is 0.413 e. The zero-order chi connectivity index (χ0) is 11.5. The number of pyridine rings is 1. The van der Waals surface area contributed by atoms with E-state index in [0.717, 1.165) is 6.20 Å². The van der Waals surface area contributed by atoms with Gasteiger partial charge in [-0.3, -0.25) is 5.32 Å². The van der Waals surface area contributed by atoms with Crippen LogP contribution in [-0.2, 0) is 4.74 Å². The maximum Gasteiger partial charge on any atom is 0.413 e. The molecule has 1 aromatic rings. The summed E-state index contributed by atoms with van der Waals surface area (Å²) >= 11 is 0. The van der Waals surface area contributed by atoms with Crippen LogP contribution in [0.3, 0.4) is 0 Å². The molecule has 0 unspecified atom stereocenters. The maximum atomic E-state index is 12.5. The van der Waals surface area contributed by atoms with Gasteiger partial charge in [0.15, 0.2) is 0 Å². The SMILES string of the molecule is CC(C)(C)OC(=O)Nc1ccc(F)cn1. The minimum Gasteiger partial charge on any atom is -0.444 e. The molecule has 0 fully saturated rings. The van der Waals surface area contributed by atoms with Crippen molar-refractivity contribution >= 4 is 11.9 Å². The lowest BCUT2D eigenvalue weighted by molar-refractivity contribution is 0.0635. The molecule has 0 saturated heterocycles. The van der Waals surface area contributed by atoms with Crippen molar-refractivity contribution in [2.75, 3.05) is 5.32 Å². The van der Waals surface area contributed by atoms with Crippen LogP contribution >= 0.6 is 0 Å². The topological polar surface area (TPSA) is 51.2 Å². The molecule has 0 bridgehead atoms. The van der Waals surface area contributed by atoms with Gasteiger partial charge in [0.05, 0.1) is 6.20 Å². The second kappa shape index (κ2) is 4.25. The Morgan fingerprint density at radius 3 is 2.60 bits per heavy atom. The Balaban J connectivity index is 2.55. The number of carbonyl (C=O) groups excluding carboxylic acids is 1. The number of nitrogens with zero attached hydrogens (tertiary/aromatic N) is 1. The van der Waals surface area contributed by atoms with Crippen LogP contribution in [-0.4, -0.2) is 16.7 Å². The second-order valence-electron chi connectivity index (χ2n) is 3.99. The number of hydrogen-bond donors (Lipinski definition) is 1. The van der Waals surface area contributed by atoms with Crippen molar-refractivity contribution < 1.29 is 13.9 Å². The highest BCUT2D eigenvalue weighted by atomic mass is 19.1. The van der Waals surface area contributed by atoms with Crippen LogP contribution in [0.4, 0.5) is 15.0 Å². The third-order valence-corrected chi connectivity index (χ3v) is 1.36. The molecule has 1 rings (SSSR count). The van der Waals surface area contributed by atoms with E-state index >= 15 is 0 Å². The summed E-state index contributed by atoms with van der Waals surface area (Å²) in [6.07, 6.45) is 0.411. The molecule has 0 aliphatic carbocycles. The quantitative estimate of drug-likeness (QED) is 0.778. The van der Waals surface area contributed by atoms with Gasteiger partial charge in [-0.15, -0.1) is 0 Å². The zero-order valence-corrected chi connectivity index (χ0v) is 8.87. The van der Waals surface area contributed by atoms with Crippen LogP contribution in [0.1, 0.15) is 20.8 Å². The van der Waals surface area contributed by atoms with Gasteiger partial charge < -0.3 is 4.74 Å². The zero-order valence-electron chi connectivity index (χ0n) is 8.87. The minimum absolute atomic E-state index is 0.255. The van der Waals surface area contributed by atoms with Crippen LogP contribution < -0.4 is 5.32 Å². The summed E-state index contributed by atoms with van der Waals surface area (Å²) in [7, 11) is 0. The fourth-order valence-electron chi connectivity index (χ4n) is 0.858. The van der Waals surface area contributed by atoms with E-state index in [1.807, 2.05) is 0 Å². The normalized spacial score (nSPS) is 10.9. The number of ether oxygens (including phenoxy) is 1. The van der Waals surface area contributed by atoms with Crippen LogP contribution in [0.5, 0.6) is 0 Å². The van der Waals surface area contributed by atoms with E-state index in [4.69, 9.17) is 4.74 Å². The predicted octanol–water partition coefficient (Wildman–Crippen LogP) is 2.57. The van der Waals surface area contributed by atoms with Crippen molar-refractivity contribution in [3.63, 3.8) is 0 Å². The number of hydrogen-bond acceptors (Lipinski definition) is 3. The van der Waals surface area contributed by atoms with Crippen LogP contribution in [0.15, 0.2) is 18.3 Å². The molecule has 0 atom stereocenters. The number of anilines is 1. The van der Waals surface area contributed by atoms with Crippen molar-refractivity contribution in [3.05, 3.63) is 24.1 Å². The summed E-state index contributed by atoms with van der Waals surface area (Å²) in [6, 6.07) is 2.57. The third kappa shape index (κ3) is 4.39. The first kappa shape index (κ1) is 11.4. The van der Waals surface area contributed by atoms with Crippen molar-refractivity contribution in [1.29, 1.82) is 0 Å². The number of aromatic nitrogens is 1. The number of rotatable bonds is 1. The third-order valence-electron chi connectivity index (χ3n) is 1.36. The van der Waals surface area contributed by atoms with E-state index in [-0.39, 0.29) is 5.82 Å². The molecule has 0 radical (unpaired) electrons. The molecule has 1 aromatic heterocycles. The summed E-state index contributed by atoms with van der Waals surface area (Å²) in [6.45, 7) is 5.26. The highest BCUT2D eigenvalue weighted by Gasteiger charge is 2.16. The van der Waals surface area contributed by atoms with Gasteiger partial charge in [0.1, 0.15) is 17.2 Å². The molecule has 15 heavy (non-hydrogen) atoms. The summed E-state index contributed by atoms with van der Waals surface area (Å²) in [4.78, 5) is 14.9. The maximum absolute atomic E-state index is 12.5. The van der Waals surface area contributed by atoms with E-state index in [1.165, 1.54) is 12.1 Å². The number of amides is 1. The minimum atomic E-state index is -0.610. The lowest BCUT2D eigenvalue weighted by Gasteiger charge is -2.19. The Labute approximate surface area is 87.5 Å². The summed E-state index contributed by atoms with van der Waals surface area (Å²) in [5.74, 6) is -0.199. The van der Waals surface area contributed by atoms with Crippen LogP contribution in [0, 0.1) is 5.82 Å². The average molecular weight is 212 g/mol. The first-order valence-electron chi connectivity index (χ1n) is 4.48. The standard InChI is InChI=1S/C10H13FN2O2/c1-10(2,3)15-9(14)13-8-5-4-7(11)6-12-8/h4-6H,1-3H3,(H,12,13,14). The number of carbonyl (C=O) groups is 1. The molecule has 0 aromatic carbocycles. The molecule has 1 amide bonds. The van der Waals surface area contributed by atoms with Crippen molar-refractivity contribution in [2.24, 2.45) is 0 Å². The first-order chi connectivity index (χ1) is 6.87. The Bertz CT molecular complexity index is 343. The average Bonchev–Trinajstić information content (AvgIpc) is 2.05. The van der Waals surface area contributed by atoms with Gasteiger partial charge in [0.2, 0.25) is 0 Å². The molecule has 0 aliphatic rings. The monoisotopic (exact) mass is 212 g/mol. The molecular formula is C10H13FN2O2. The van der Waals surface area contributed by atoms with E-state index in [2.05, 4.69) is 10.3 Å². The first-order valence-corrected chi connectivity index (χ1v) is 4.48. The molecule has 1 N–H and O–H groups in total. The number of nitrogens with one attached hydrogen (secondary N) is 1. The fourth-order valence-corrected chi connectivity index (χ4v) is 0.858. The van der Waals surface area contributed by atoms with Gasteiger partial charge in [0.25, 0.3) is 0 Å². The summed E-state index contributed by atoms with van der Waals surface area (Å²) in [5.41, 5.74) is -0.565. The van der Waals surface area contributed by atoms with Gasteiger partial charge >= 0.3 is 6.09 Å². The van der Waals surface area contributed by atoms with Gasteiger partial charge in [0, 0.05) is 0 Å². The second-order valence-corrected chi connectivity index (χ2v) is 3.99. The predicted molar refractivity (Wildman–Crippen MR) is 54.1 cm³/mol. The van der Waals surface area contributed by atoms with Crippen molar-refractivity contribution in [1.82, 2.24) is 4.98 Å². The molecule has 5 heteroatoms. The highest BCUT2D eigenvalue weighted by Crippen LogP contribution is 2.09. The van der Waals surface area contributed by atoms with Crippen LogP contribution in [0.25, 0.3) is 0 Å². The Morgan fingerprint density at radius 2 is 2.13 bits per heavy atom. The molecule has 4 nitrogen and oxygen atoms in total. The summed E-state index contributed by atoms with van der Waals surface area (Å²) < 4.78 is 17.5.